The topological polar surface area (TPSA) is 67.6 Å². The highest BCUT2D eigenvalue weighted by Crippen LogP contribution is 2.36. The molecule has 0 aliphatic carbocycles. The number of nitrogens with zero attached hydrogens (tertiary/aromatic N) is 2. The lowest BCUT2D eigenvalue weighted by molar-refractivity contribution is 0.206. The van der Waals surface area contributed by atoms with Crippen LogP contribution in [0.3, 0.4) is 0 Å². The zero-order chi connectivity index (χ0) is 17.3. The fourth-order valence-electron chi connectivity index (χ4n) is 3.38. The molecule has 0 saturated carbocycles. The van der Waals surface area contributed by atoms with Crippen LogP contribution in [-0.4, -0.2) is 29.7 Å². The number of urea groups is 1. The molecule has 1 aromatic carbocycles. The first-order valence-corrected chi connectivity index (χ1v) is 8.16. The standard InChI is InChI=1S/C18H23N3O3/c1-11-7-8-16(23-4)14(10-11)19-18(22)21-9-5-6-15(21)17-12(2)20-24-13(17)3/h7-8,10,15H,5-6,9H2,1-4H3,(H,19,22). The van der Waals surface area contributed by atoms with Gasteiger partial charge in [0.15, 0.2) is 0 Å². The van der Waals surface area contributed by atoms with Crippen molar-refractivity contribution >= 4 is 11.7 Å². The lowest BCUT2D eigenvalue weighted by atomic mass is 10.0. The van der Waals surface area contributed by atoms with Crippen molar-refractivity contribution in [2.45, 2.75) is 39.7 Å². The molecule has 1 fully saturated rings. The Kier molecular flexibility index (Phi) is 4.46. The van der Waals surface area contributed by atoms with Crippen molar-refractivity contribution < 1.29 is 14.1 Å². The third-order valence-corrected chi connectivity index (χ3v) is 4.53. The molecule has 6 nitrogen and oxygen atoms in total. The fraction of sp³-hybridized carbons (Fsp3) is 0.444. The van der Waals surface area contributed by atoms with E-state index in [1.165, 1.54) is 0 Å². The van der Waals surface area contributed by atoms with Crippen LogP contribution in [0.4, 0.5) is 10.5 Å². The van der Waals surface area contributed by atoms with Gasteiger partial charge < -0.3 is 19.5 Å². The molecule has 128 valence electrons. The second-order valence-corrected chi connectivity index (χ2v) is 6.22. The third-order valence-electron chi connectivity index (χ3n) is 4.53. The highest BCUT2D eigenvalue weighted by molar-refractivity contribution is 5.91. The summed E-state index contributed by atoms with van der Waals surface area (Å²) in [6, 6.07) is 5.61. The molecule has 0 radical (unpaired) electrons. The number of anilines is 1. The molecule has 1 saturated heterocycles. The van der Waals surface area contributed by atoms with E-state index < -0.39 is 0 Å². The van der Waals surface area contributed by atoms with E-state index in [2.05, 4.69) is 10.5 Å². The highest BCUT2D eigenvalue weighted by Gasteiger charge is 2.34. The van der Waals surface area contributed by atoms with Crippen molar-refractivity contribution in [3.63, 3.8) is 0 Å². The largest absolute Gasteiger partial charge is 0.495 e. The van der Waals surface area contributed by atoms with Gasteiger partial charge in [0.05, 0.1) is 24.5 Å². The Morgan fingerprint density at radius 2 is 2.17 bits per heavy atom. The molecule has 6 heteroatoms. The predicted molar refractivity (Wildman–Crippen MR) is 91.4 cm³/mol. The van der Waals surface area contributed by atoms with Gasteiger partial charge in [-0.05, 0) is 51.3 Å². The molecule has 2 aromatic rings. The van der Waals surface area contributed by atoms with Crippen molar-refractivity contribution in [3.8, 4) is 5.75 Å². The monoisotopic (exact) mass is 329 g/mol. The number of carbonyl (C=O) groups is 1. The molecular weight excluding hydrogens is 306 g/mol. The van der Waals surface area contributed by atoms with Crippen LogP contribution >= 0.6 is 0 Å². The summed E-state index contributed by atoms with van der Waals surface area (Å²) >= 11 is 0. The molecule has 1 aliphatic rings. The van der Waals surface area contributed by atoms with E-state index in [0.717, 1.165) is 35.4 Å². The van der Waals surface area contributed by atoms with Crippen LogP contribution < -0.4 is 10.1 Å². The van der Waals surface area contributed by atoms with Crippen LogP contribution in [0.15, 0.2) is 22.7 Å². The number of nitrogens with one attached hydrogen (secondary N) is 1. The van der Waals surface area contributed by atoms with Gasteiger partial charge in [-0.1, -0.05) is 11.2 Å². The number of methoxy groups -OCH3 is 1. The van der Waals surface area contributed by atoms with Crippen molar-refractivity contribution in [1.29, 1.82) is 0 Å². The molecule has 0 bridgehead atoms. The molecule has 3 rings (SSSR count). The van der Waals surface area contributed by atoms with Crippen LogP contribution in [-0.2, 0) is 0 Å². The molecule has 1 unspecified atom stereocenters. The van der Waals surface area contributed by atoms with Crippen LogP contribution in [0.5, 0.6) is 5.75 Å². The van der Waals surface area contributed by atoms with Crippen molar-refractivity contribution in [2.24, 2.45) is 0 Å². The number of carbonyl (C=O) groups excluding carboxylic acids is 1. The van der Waals surface area contributed by atoms with Gasteiger partial charge in [0.1, 0.15) is 11.5 Å². The molecule has 0 spiro atoms. The smallest absolute Gasteiger partial charge is 0.322 e. The molecule has 1 atom stereocenters. The van der Waals surface area contributed by atoms with Crippen molar-refractivity contribution in [1.82, 2.24) is 10.1 Å². The van der Waals surface area contributed by atoms with Crippen LogP contribution in [0.25, 0.3) is 0 Å². The second kappa shape index (κ2) is 6.55. The summed E-state index contributed by atoms with van der Waals surface area (Å²) < 4.78 is 10.6. The molecule has 1 N–H and O–H groups in total. The number of aryl methyl sites for hydroxylation is 3. The van der Waals surface area contributed by atoms with E-state index in [1.807, 2.05) is 43.9 Å². The summed E-state index contributed by atoms with van der Waals surface area (Å²) in [5, 5.41) is 7.01. The van der Waals surface area contributed by atoms with Gasteiger partial charge in [-0.2, -0.15) is 0 Å². The maximum Gasteiger partial charge on any atom is 0.322 e. The third kappa shape index (κ3) is 2.96. The summed E-state index contributed by atoms with van der Waals surface area (Å²) in [4.78, 5) is 14.7. The number of aromatic nitrogens is 1. The minimum Gasteiger partial charge on any atom is -0.495 e. The lowest BCUT2D eigenvalue weighted by Crippen LogP contribution is -2.34. The lowest BCUT2D eigenvalue weighted by Gasteiger charge is -2.25. The van der Waals surface area contributed by atoms with E-state index in [1.54, 1.807) is 7.11 Å². The first kappa shape index (κ1) is 16.4. The van der Waals surface area contributed by atoms with Crippen LogP contribution in [0, 0.1) is 20.8 Å². The molecule has 1 aliphatic heterocycles. The molecule has 1 aromatic heterocycles. The summed E-state index contributed by atoms with van der Waals surface area (Å²) in [6.07, 6.45) is 1.88. The average Bonchev–Trinajstić information content (AvgIpc) is 3.14. The number of amides is 2. The quantitative estimate of drug-likeness (QED) is 0.925. The van der Waals surface area contributed by atoms with E-state index in [-0.39, 0.29) is 12.1 Å². The van der Waals surface area contributed by atoms with Gasteiger partial charge in [0.2, 0.25) is 0 Å². The van der Waals surface area contributed by atoms with Gasteiger partial charge in [-0.15, -0.1) is 0 Å². The number of likely N-dealkylation sites (tertiary alicyclic amines) is 1. The van der Waals surface area contributed by atoms with Gasteiger partial charge in [0.25, 0.3) is 0 Å². The maximum absolute atomic E-state index is 12.8. The number of rotatable bonds is 3. The number of benzene rings is 1. The summed E-state index contributed by atoms with van der Waals surface area (Å²) in [7, 11) is 1.60. The van der Waals surface area contributed by atoms with Gasteiger partial charge >= 0.3 is 6.03 Å². The SMILES string of the molecule is COc1ccc(C)cc1NC(=O)N1CCCC1c1c(C)noc1C. The Morgan fingerprint density at radius 3 is 2.83 bits per heavy atom. The zero-order valence-corrected chi connectivity index (χ0v) is 14.5. The fourth-order valence-corrected chi connectivity index (χ4v) is 3.38. The molecule has 2 heterocycles. The Balaban J connectivity index is 1.83. The average molecular weight is 329 g/mol. The summed E-state index contributed by atoms with van der Waals surface area (Å²) in [5.41, 5.74) is 3.63. The minimum absolute atomic E-state index is 0.00653. The van der Waals surface area contributed by atoms with Crippen molar-refractivity contribution in [3.05, 3.63) is 40.8 Å². The maximum atomic E-state index is 12.8. The summed E-state index contributed by atoms with van der Waals surface area (Å²) in [6.45, 7) is 6.52. The number of hydrogen-bond donors (Lipinski definition) is 1. The molecule has 24 heavy (non-hydrogen) atoms. The Bertz CT molecular complexity index is 734. The van der Waals surface area contributed by atoms with E-state index in [4.69, 9.17) is 9.26 Å². The van der Waals surface area contributed by atoms with E-state index >= 15 is 0 Å². The highest BCUT2D eigenvalue weighted by atomic mass is 16.5. The first-order chi connectivity index (χ1) is 11.5. The second-order valence-electron chi connectivity index (χ2n) is 6.22. The van der Waals surface area contributed by atoms with E-state index in [9.17, 15) is 4.79 Å². The van der Waals surface area contributed by atoms with E-state index in [0.29, 0.717) is 18.0 Å². The zero-order valence-electron chi connectivity index (χ0n) is 14.5. The van der Waals surface area contributed by atoms with Gasteiger partial charge in [0, 0.05) is 12.1 Å². The summed E-state index contributed by atoms with van der Waals surface area (Å²) in [5.74, 6) is 1.44. The van der Waals surface area contributed by atoms with Crippen LogP contribution in [0.1, 0.15) is 41.5 Å². The molecular formula is C18H23N3O3. The van der Waals surface area contributed by atoms with Crippen LogP contribution in [0.2, 0.25) is 0 Å². The minimum atomic E-state index is -0.124. The Hall–Kier alpha value is -2.50. The Morgan fingerprint density at radius 1 is 1.38 bits per heavy atom. The number of ether oxygens (including phenoxy) is 1. The van der Waals surface area contributed by atoms with Gasteiger partial charge in [-0.3, -0.25) is 0 Å². The Labute approximate surface area is 141 Å². The van der Waals surface area contributed by atoms with Crippen molar-refractivity contribution in [2.75, 3.05) is 19.0 Å². The first-order valence-electron chi connectivity index (χ1n) is 8.16. The predicted octanol–water partition coefficient (Wildman–Crippen LogP) is 3.98. The van der Waals surface area contributed by atoms with Gasteiger partial charge in [-0.25, -0.2) is 4.79 Å². The molecule has 2 amide bonds. The number of hydrogen-bond acceptors (Lipinski definition) is 4. The normalized spacial score (nSPS) is 17.2.